The number of aromatic nitrogens is 1. The summed E-state index contributed by atoms with van der Waals surface area (Å²) < 4.78 is 0. The van der Waals surface area contributed by atoms with E-state index in [2.05, 4.69) is 53.4 Å². The first-order valence-corrected chi connectivity index (χ1v) is 9.95. The minimum absolute atomic E-state index is 0.189. The number of hydrogen-bond donors (Lipinski definition) is 2. The molecule has 1 aromatic carbocycles. The summed E-state index contributed by atoms with van der Waals surface area (Å²) in [7, 11) is 0. The van der Waals surface area contributed by atoms with Crippen molar-refractivity contribution < 1.29 is 4.79 Å². The van der Waals surface area contributed by atoms with E-state index in [4.69, 9.17) is 0 Å². The van der Waals surface area contributed by atoms with Crippen LogP contribution in [0.5, 0.6) is 0 Å². The number of hydrogen-bond acceptors (Lipinski definition) is 4. The smallest absolute Gasteiger partial charge is 0.274 e. The highest BCUT2D eigenvalue weighted by Gasteiger charge is 2.11. The first kappa shape index (κ1) is 20.7. The molecule has 2 N–H and O–H groups in total. The molecule has 0 spiro atoms. The third-order valence-corrected chi connectivity index (χ3v) is 4.69. The molecule has 146 valence electrons. The van der Waals surface area contributed by atoms with Crippen LogP contribution in [0.1, 0.15) is 56.1 Å². The molecule has 0 bridgehead atoms. The van der Waals surface area contributed by atoms with Crippen molar-refractivity contribution in [2.45, 2.75) is 47.0 Å². The van der Waals surface area contributed by atoms with Crippen LogP contribution in [0.3, 0.4) is 0 Å². The molecule has 2 aromatic rings. The number of nitrogens with one attached hydrogen (secondary N) is 2. The zero-order valence-electron chi connectivity index (χ0n) is 17.0. The van der Waals surface area contributed by atoms with E-state index in [0.717, 1.165) is 43.0 Å². The number of nitrogens with zero attached hydrogens (tertiary/aromatic N) is 2. The van der Waals surface area contributed by atoms with Gasteiger partial charge >= 0.3 is 0 Å². The van der Waals surface area contributed by atoms with Crippen molar-refractivity contribution in [3.63, 3.8) is 0 Å². The van der Waals surface area contributed by atoms with Crippen molar-refractivity contribution in [2.75, 3.05) is 35.2 Å². The minimum Gasteiger partial charge on any atom is -0.385 e. The second kappa shape index (κ2) is 10.6. The molecule has 0 radical (unpaired) electrons. The number of rotatable bonds is 10. The minimum atomic E-state index is -0.189. The van der Waals surface area contributed by atoms with E-state index in [1.807, 2.05) is 19.1 Å². The summed E-state index contributed by atoms with van der Waals surface area (Å²) in [5.41, 5.74) is 4.38. The lowest BCUT2D eigenvalue weighted by molar-refractivity contribution is 0.102. The molecule has 0 saturated carbocycles. The molecular formula is C22H32N4O. The topological polar surface area (TPSA) is 57.3 Å². The largest absolute Gasteiger partial charge is 0.385 e. The first-order chi connectivity index (χ1) is 13.1. The van der Waals surface area contributed by atoms with Gasteiger partial charge in [-0.1, -0.05) is 19.8 Å². The van der Waals surface area contributed by atoms with Crippen LogP contribution >= 0.6 is 0 Å². The summed E-state index contributed by atoms with van der Waals surface area (Å²) in [4.78, 5) is 19.1. The molecule has 0 aliphatic heterocycles. The maximum atomic E-state index is 12.6. The van der Waals surface area contributed by atoms with Crippen LogP contribution in [0.2, 0.25) is 0 Å². The lowest BCUT2D eigenvalue weighted by Gasteiger charge is -2.22. The third-order valence-electron chi connectivity index (χ3n) is 4.69. The Morgan fingerprint density at radius 1 is 1.07 bits per heavy atom. The fourth-order valence-electron chi connectivity index (χ4n) is 3.03. The number of pyridine rings is 1. The van der Waals surface area contributed by atoms with Crippen LogP contribution in [-0.2, 0) is 0 Å². The number of amides is 1. The summed E-state index contributed by atoms with van der Waals surface area (Å²) in [6, 6.07) is 9.83. The molecule has 2 rings (SSSR count). The van der Waals surface area contributed by atoms with Gasteiger partial charge in [-0.15, -0.1) is 0 Å². The van der Waals surface area contributed by atoms with Gasteiger partial charge in [0.15, 0.2) is 0 Å². The van der Waals surface area contributed by atoms with E-state index in [-0.39, 0.29) is 5.91 Å². The fourth-order valence-corrected chi connectivity index (χ4v) is 3.03. The van der Waals surface area contributed by atoms with Gasteiger partial charge in [-0.3, -0.25) is 9.78 Å². The average Bonchev–Trinajstić information content (AvgIpc) is 2.68. The van der Waals surface area contributed by atoms with E-state index in [0.29, 0.717) is 5.69 Å². The molecule has 0 aliphatic carbocycles. The predicted molar refractivity (Wildman–Crippen MR) is 115 cm³/mol. The number of anilines is 3. The lowest BCUT2D eigenvalue weighted by Crippen LogP contribution is -2.22. The van der Waals surface area contributed by atoms with Gasteiger partial charge in [0.2, 0.25) is 0 Å². The lowest BCUT2D eigenvalue weighted by atomic mass is 10.1. The predicted octanol–water partition coefficient (Wildman–Crippen LogP) is 5.09. The molecule has 0 fully saturated rings. The van der Waals surface area contributed by atoms with Gasteiger partial charge in [0.25, 0.3) is 5.91 Å². The number of benzene rings is 1. The number of unbranched alkanes of at least 4 members (excludes halogenated alkanes) is 2. The Labute approximate surface area is 163 Å². The van der Waals surface area contributed by atoms with Crippen molar-refractivity contribution in [3.8, 4) is 0 Å². The van der Waals surface area contributed by atoms with E-state index in [9.17, 15) is 4.79 Å². The Hall–Kier alpha value is -2.56. The molecule has 1 aromatic heterocycles. The van der Waals surface area contributed by atoms with E-state index >= 15 is 0 Å². The molecule has 1 amide bonds. The van der Waals surface area contributed by atoms with Crippen LogP contribution in [0.25, 0.3) is 0 Å². The Kier molecular flexibility index (Phi) is 8.11. The summed E-state index contributed by atoms with van der Waals surface area (Å²) in [6.45, 7) is 11.3. The summed E-state index contributed by atoms with van der Waals surface area (Å²) in [5, 5.41) is 6.34. The summed E-state index contributed by atoms with van der Waals surface area (Å²) >= 11 is 0. The fraction of sp³-hybridized carbons (Fsp3) is 0.455. The van der Waals surface area contributed by atoms with E-state index in [1.165, 1.54) is 18.5 Å². The van der Waals surface area contributed by atoms with Crippen molar-refractivity contribution >= 4 is 23.0 Å². The molecule has 5 nitrogen and oxygen atoms in total. The molecule has 0 saturated heterocycles. The van der Waals surface area contributed by atoms with Crippen LogP contribution in [0.4, 0.5) is 17.1 Å². The quantitative estimate of drug-likeness (QED) is 0.574. The molecule has 27 heavy (non-hydrogen) atoms. The van der Waals surface area contributed by atoms with Gasteiger partial charge in [-0.05, 0) is 63.1 Å². The van der Waals surface area contributed by atoms with Crippen molar-refractivity contribution in [1.29, 1.82) is 0 Å². The molecular weight excluding hydrogens is 336 g/mol. The van der Waals surface area contributed by atoms with Crippen molar-refractivity contribution in [2.24, 2.45) is 0 Å². The highest BCUT2D eigenvalue weighted by Crippen LogP contribution is 2.23. The number of carbonyl (C=O) groups is 1. The van der Waals surface area contributed by atoms with Crippen molar-refractivity contribution in [1.82, 2.24) is 4.98 Å². The molecule has 5 heteroatoms. The van der Waals surface area contributed by atoms with Gasteiger partial charge in [-0.25, -0.2) is 0 Å². The standard InChI is InChI=1S/C22H32N4O/c1-5-8-9-13-23-18-12-14-24-21(16-18)22(27)25-20-11-10-19(15-17(20)4)26(6-2)7-3/h10-12,14-16H,5-9,13H2,1-4H3,(H,23,24)(H,25,27). The molecule has 0 atom stereocenters. The van der Waals surface area contributed by atoms with Crippen LogP contribution in [0.15, 0.2) is 36.5 Å². The average molecular weight is 369 g/mol. The number of aryl methyl sites for hydroxylation is 1. The van der Waals surface area contributed by atoms with Gasteiger partial charge < -0.3 is 15.5 Å². The Balaban J connectivity index is 2.04. The molecule has 0 unspecified atom stereocenters. The third kappa shape index (κ3) is 5.98. The van der Waals surface area contributed by atoms with Gasteiger partial charge in [0, 0.05) is 42.9 Å². The maximum Gasteiger partial charge on any atom is 0.274 e. The number of carbonyl (C=O) groups excluding carboxylic acids is 1. The summed E-state index contributed by atoms with van der Waals surface area (Å²) in [5.74, 6) is -0.189. The Bertz CT molecular complexity index is 741. The van der Waals surface area contributed by atoms with Gasteiger partial charge in [-0.2, -0.15) is 0 Å². The zero-order valence-corrected chi connectivity index (χ0v) is 17.0. The Morgan fingerprint density at radius 2 is 1.85 bits per heavy atom. The van der Waals surface area contributed by atoms with Crippen LogP contribution < -0.4 is 15.5 Å². The van der Waals surface area contributed by atoms with Crippen LogP contribution in [0, 0.1) is 6.92 Å². The summed E-state index contributed by atoms with van der Waals surface area (Å²) in [6.07, 6.45) is 5.19. The van der Waals surface area contributed by atoms with Crippen LogP contribution in [-0.4, -0.2) is 30.5 Å². The second-order valence-corrected chi connectivity index (χ2v) is 6.69. The Morgan fingerprint density at radius 3 is 2.52 bits per heavy atom. The monoisotopic (exact) mass is 368 g/mol. The van der Waals surface area contributed by atoms with E-state index < -0.39 is 0 Å². The highest BCUT2D eigenvalue weighted by atomic mass is 16.1. The molecule has 1 heterocycles. The maximum absolute atomic E-state index is 12.6. The normalized spacial score (nSPS) is 10.5. The van der Waals surface area contributed by atoms with Gasteiger partial charge in [0.05, 0.1) is 0 Å². The molecule has 0 aliphatic rings. The van der Waals surface area contributed by atoms with Gasteiger partial charge in [0.1, 0.15) is 5.69 Å². The van der Waals surface area contributed by atoms with E-state index in [1.54, 1.807) is 12.3 Å². The highest BCUT2D eigenvalue weighted by molar-refractivity contribution is 6.03. The second-order valence-electron chi connectivity index (χ2n) is 6.69. The zero-order chi connectivity index (χ0) is 19.6. The SMILES string of the molecule is CCCCCNc1ccnc(C(=O)Nc2ccc(N(CC)CC)cc2C)c1. The first-order valence-electron chi connectivity index (χ1n) is 9.95. The van der Waals surface area contributed by atoms with Crippen molar-refractivity contribution in [3.05, 3.63) is 47.8 Å².